The number of amides is 1. The molecule has 29 heavy (non-hydrogen) atoms. The molecule has 2 N–H and O–H groups in total. The van der Waals surface area contributed by atoms with Gasteiger partial charge in [0.2, 0.25) is 0 Å². The number of methoxy groups -OCH3 is 2. The van der Waals surface area contributed by atoms with E-state index in [2.05, 4.69) is 20.7 Å². The first-order chi connectivity index (χ1) is 14.0. The Morgan fingerprint density at radius 2 is 1.86 bits per heavy atom. The Bertz CT molecular complexity index is 1010. The monoisotopic (exact) mass is 393 g/mol. The molecule has 0 unspecified atom stereocenters. The lowest BCUT2D eigenvalue weighted by Crippen LogP contribution is -2.18. The molecule has 0 aliphatic heterocycles. The summed E-state index contributed by atoms with van der Waals surface area (Å²) in [6.07, 6.45) is 1.58. The molecule has 3 rings (SSSR count). The number of carbonyl (C=O) groups is 1. The largest absolute Gasteiger partial charge is 0.497 e. The van der Waals surface area contributed by atoms with Crippen LogP contribution in [0.2, 0.25) is 0 Å². The zero-order chi connectivity index (χ0) is 20.8. The first-order valence-corrected chi connectivity index (χ1v) is 8.90. The first-order valence-electron chi connectivity index (χ1n) is 8.90. The number of hydrogen-bond acceptors (Lipinski definition) is 6. The molecule has 0 spiro atoms. The highest BCUT2D eigenvalue weighted by Gasteiger charge is 2.14. The Morgan fingerprint density at radius 3 is 2.52 bits per heavy atom. The average Bonchev–Trinajstić information content (AvgIpc) is 3.23. The van der Waals surface area contributed by atoms with Gasteiger partial charge in [-0.1, -0.05) is 12.1 Å². The molecule has 150 valence electrons. The molecule has 0 saturated heterocycles. The zero-order valence-electron chi connectivity index (χ0n) is 16.8. The van der Waals surface area contributed by atoms with Crippen LogP contribution < -0.4 is 19.8 Å². The Morgan fingerprint density at radius 1 is 1.10 bits per heavy atom. The second-order valence-electron chi connectivity index (χ2n) is 6.42. The highest BCUT2D eigenvalue weighted by atomic mass is 16.5. The number of nitrogens with one attached hydrogen (secondary N) is 2. The molecule has 3 aromatic rings. The second-order valence-corrected chi connectivity index (χ2v) is 6.42. The number of anilines is 1. The number of hydrazone groups is 1. The van der Waals surface area contributed by atoms with Crippen molar-refractivity contribution in [1.82, 2.24) is 15.6 Å². The lowest BCUT2D eigenvalue weighted by Gasteiger charge is -2.11. The Kier molecular flexibility index (Phi) is 6.13. The summed E-state index contributed by atoms with van der Waals surface area (Å²) in [5, 5.41) is 10.9. The standard InChI is InChI=1S/C21H23N5O3/c1-26(2)15-7-5-14(6-8-15)13-22-25-21(27)19-12-18(23-24-19)17-11-16(28-3)9-10-20(17)29-4/h5-13H,1-4H3,(H,23,24)(H,25,27). The molecule has 0 fully saturated rings. The van der Waals surface area contributed by atoms with Crippen LogP contribution in [-0.2, 0) is 0 Å². The number of benzene rings is 2. The molecule has 1 heterocycles. The van der Waals surface area contributed by atoms with E-state index in [0.29, 0.717) is 22.8 Å². The average molecular weight is 393 g/mol. The highest BCUT2D eigenvalue weighted by Crippen LogP contribution is 2.32. The Hall–Kier alpha value is -3.81. The summed E-state index contributed by atoms with van der Waals surface area (Å²) in [6, 6.07) is 14.8. The van der Waals surface area contributed by atoms with E-state index in [1.807, 2.05) is 43.3 Å². The maximum Gasteiger partial charge on any atom is 0.289 e. The number of hydrogen-bond donors (Lipinski definition) is 2. The molecular weight excluding hydrogens is 370 g/mol. The molecule has 0 saturated carbocycles. The summed E-state index contributed by atoms with van der Waals surface area (Å²) in [7, 11) is 7.11. The normalized spacial score (nSPS) is 10.8. The molecule has 0 bridgehead atoms. The van der Waals surface area contributed by atoms with Gasteiger partial charge in [-0.15, -0.1) is 0 Å². The fraction of sp³-hybridized carbons (Fsp3) is 0.190. The third-order valence-electron chi connectivity index (χ3n) is 4.29. The number of aromatic amines is 1. The minimum atomic E-state index is -0.397. The zero-order valence-corrected chi connectivity index (χ0v) is 16.8. The van der Waals surface area contributed by atoms with Crippen LogP contribution >= 0.6 is 0 Å². The quantitative estimate of drug-likeness (QED) is 0.476. The maximum absolute atomic E-state index is 12.3. The predicted molar refractivity (Wildman–Crippen MR) is 113 cm³/mol. The van der Waals surface area contributed by atoms with Gasteiger partial charge in [0, 0.05) is 25.3 Å². The Labute approximate surface area is 169 Å². The van der Waals surface area contributed by atoms with E-state index in [4.69, 9.17) is 9.47 Å². The fourth-order valence-electron chi connectivity index (χ4n) is 2.67. The number of aromatic nitrogens is 2. The van der Waals surface area contributed by atoms with Crippen molar-refractivity contribution in [2.75, 3.05) is 33.2 Å². The third-order valence-corrected chi connectivity index (χ3v) is 4.29. The molecule has 0 aliphatic carbocycles. The summed E-state index contributed by atoms with van der Waals surface area (Å²) in [6.45, 7) is 0. The smallest absolute Gasteiger partial charge is 0.289 e. The number of nitrogens with zero attached hydrogens (tertiary/aromatic N) is 3. The number of carbonyl (C=O) groups excluding carboxylic acids is 1. The molecule has 0 atom stereocenters. The minimum Gasteiger partial charge on any atom is -0.497 e. The van der Waals surface area contributed by atoms with Crippen molar-refractivity contribution in [2.45, 2.75) is 0 Å². The van der Waals surface area contributed by atoms with E-state index in [9.17, 15) is 4.79 Å². The van der Waals surface area contributed by atoms with Gasteiger partial charge in [0.25, 0.3) is 5.91 Å². The topological polar surface area (TPSA) is 91.8 Å². The van der Waals surface area contributed by atoms with Crippen LogP contribution in [0.3, 0.4) is 0 Å². The van der Waals surface area contributed by atoms with Gasteiger partial charge < -0.3 is 14.4 Å². The van der Waals surface area contributed by atoms with Gasteiger partial charge in [0.1, 0.15) is 17.2 Å². The van der Waals surface area contributed by atoms with Crippen LogP contribution in [0.4, 0.5) is 5.69 Å². The lowest BCUT2D eigenvalue weighted by molar-refractivity contribution is 0.0950. The van der Waals surface area contributed by atoms with Crippen LogP contribution in [-0.4, -0.2) is 50.6 Å². The van der Waals surface area contributed by atoms with Gasteiger partial charge in [0.15, 0.2) is 0 Å². The molecule has 1 amide bonds. The fourth-order valence-corrected chi connectivity index (χ4v) is 2.67. The van der Waals surface area contributed by atoms with E-state index < -0.39 is 5.91 Å². The SMILES string of the molecule is COc1ccc(OC)c(-c2cc(C(=O)NN=Cc3ccc(N(C)C)cc3)[nH]n2)c1. The number of ether oxygens (including phenoxy) is 2. The molecular formula is C21H23N5O3. The van der Waals surface area contributed by atoms with Gasteiger partial charge in [-0.3, -0.25) is 9.89 Å². The lowest BCUT2D eigenvalue weighted by atomic mass is 10.1. The van der Waals surface area contributed by atoms with Crippen molar-refractivity contribution in [3.05, 3.63) is 59.8 Å². The highest BCUT2D eigenvalue weighted by molar-refractivity contribution is 5.94. The molecule has 8 nitrogen and oxygen atoms in total. The summed E-state index contributed by atoms with van der Waals surface area (Å²) in [4.78, 5) is 14.4. The van der Waals surface area contributed by atoms with Gasteiger partial charge in [0.05, 0.1) is 26.1 Å². The van der Waals surface area contributed by atoms with Crippen molar-refractivity contribution < 1.29 is 14.3 Å². The number of rotatable bonds is 7. The second kappa shape index (κ2) is 8.92. The predicted octanol–water partition coefficient (Wildman–Crippen LogP) is 2.92. The minimum absolute atomic E-state index is 0.282. The molecule has 0 radical (unpaired) electrons. The Balaban J connectivity index is 1.69. The number of H-pyrrole nitrogens is 1. The van der Waals surface area contributed by atoms with Crippen molar-refractivity contribution >= 4 is 17.8 Å². The van der Waals surface area contributed by atoms with Gasteiger partial charge in [-0.2, -0.15) is 10.2 Å². The van der Waals surface area contributed by atoms with Crippen molar-refractivity contribution in [2.24, 2.45) is 5.10 Å². The van der Waals surface area contributed by atoms with Crippen LogP contribution in [0.25, 0.3) is 11.3 Å². The van der Waals surface area contributed by atoms with Gasteiger partial charge in [-0.05, 0) is 42.0 Å². The van der Waals surface area contributed by atoms with E-state index in [0.717, 1.165) is 11.3 Å². The summed E-state index contributed by atoms with van der Waals surface area (Å²) in [5.41, 5.74) is 6.02. The first kappa shape index (κ1) is 19.9. The van der Waals surface area contributed by atoms with Crippen molar-refractivity contribution in [3.63, 3.8) is 0 Å². The van der Waals surface area contributed by atoms with Gasteiger partial charge in [-0.25, -0.2) is 5.43 Å². The van der Waals surface area contributed by atoms with Crippen LogP contribution in [0, 0.1) is 0 Å². The van der Waals surface area contributed by atoms with E-state index in [1.54, 1.807) is 44.7 Å². The molecule has 1 aromatic heterocycles. The van der Waals surface area contributed by atoms with Crippen LogP contribution in [0.15, 0.2) is 53.6 Å². The summed E-state index contributed by atoms with van der Waals surface area (Å²) < 4.78 is 10.6. The third kappa shape index (κ3) is 4.73. The summed E-state index contributed by atoms with van der Waals surface area (Å²) >= 11 is 0. The summed E-state index contributed by atoms with van der Waals surface area (Å²) in [5.74, 6) is 0.898. The van der Waals surface area contributed by atoms with Crippen molar-refractivity contribution in [3.8, 4) is 22.8 Å². The maximum atomic E-state index is 12.3. The molecule has 2 aromatic carbocycles. The van der Waals surface area contributed by atoms with Crippen molar-refractivity contribution in [1.29, 1.82) is 0 Å². The van der Waals surface area contributed by atoms with Crippen LogP contribution in [0.5, 0.6) is 11.5 Å². The molecule has 8 heteroatoms. The van der Waals surface area contributed by atoms with E-state index in [1.165, 1.54) is 0 Å². The van der Waals surface area contributed by atoms with Crippen LogP contribution in [0.1, 0.15) is 16.1 Å². The van der Waals surface area contributed by atoms with Gasteiger partial charge >= 0.3 is 0 Å². The van der Waals surface area contributed by atoms with E-state index >= 15 is 0 Å². The molecule has 0 aliphatic rings. The van der Waals surface area contributed by atoms with E-state index in [-0.39, 0.29) is 5.69 Å².